The van der Waals surface area contributed by atoms with Crippen LogP contribution in [-0.4, -0.2) is 23.0 Å². The Bertz CT molecular complexity index is 475. The molecule has 1 rings (SSSR count). The molecule has 0 aliphatic carbocycles. The van der Waals surface area contributed by atoms with Crippen molar-refractivity contribution in [1.82, 2.24) is 0 Å². The van der Waals surface area contributed by atoms with Crippen LogP contribution in [0.3, 0.4) is 0 Å². The summed E-state index contributed by atoms with van der Waals surface area (Å²) in [6, 6.07) is 2.79. The molecule has 1 unspecified atom stereocenters. The van der Waals surface area contributed by atoms with E-state index in [2.05, 4.69) is 5.16 Å². The summed E-state index contributed by atoms with van der Waals surface area (Å²) in [7, 11) is 0. The highest BCUT2D eigenvalue weighted by molar-refractivity contribution is 6.37. The van der Waals surface area contributed by atoms with E-state index in [1.54, 1.807) is 6.21 Å². The minimum atomic E-state index is -0.286. The van der Waals surface area contributed by atoms with Gasteiger partial charge in [-0.3, -0.25) is 0 Å². The molecule has 1 aromatic rings. The van der Waals surface area contributed by atoms with Crippen LogP contribution in [0.15, 0.2) is 17.3 Å². The molecule has 0 aliphatic heterocycles. The molecule has 0 bridgehead atoms. The summed E-state index contributed by atoms with van der Waals surface area (Å²) < 4.78 is 5.70. The highest BCUT2D eigenvalue weighted by Crippen LogP contribution is 2.37. The molecule has 1 aromatic carbocycles. The van der Waals surface area contributed by atoms with E-state index in [0.717, 1.165) is 6.42 Å². The van der Waals surface area contributed by atoms with Crippen molar-refractivity contribution in [2.75, 3.05) is 0 Å². The fraction of sp³-hybridized carbons (Fsp3) is 0.533. The van der Waals surface area contributed by atoms with Crippen LogP contribution in [0, 0.1) is 0 Å². The fourth-order valence-electron chi connectivity index (χ4n) is 1.48. The third-order valence-corrected chi connectivity index (χ3v) is 2.97. The van der Waals surface area contributed by atoms with Crippen molar-refractivity contribution in [3.8, 4) is 11.5 Å². The van der Waals surface area contributed by atoms with Gasteiger partial charge >= 0.3 is 0 Å². The Balaban J connectivity index is 2.46. The number of hydrogen-bond acceptors (Lipinski definition) is 4. The molecule has 6 heteroatoms. The molecule has 0 saturated heterocycles. The van der Waals surface area contributed by atoms with Gasteiger partial charge in [0, 0.05) is 18.3 Å². The van der Waals surface area contributed by atoms with Crippen LogP contribution in [0.4, 0.5) is 0 Å². The summed E-state index contributed by atoms with van der Waals surface area (Å²) in [5.74, 6) is 0.392. The number of aromatic hydroxyl groups is 1. The number of phenols is 1. The maximum Gasteiger partial charge on any atom is 0.157 e. The third kappa shape index (κ3) is 6.91. The second kappa shape index (κ2) is 7.76. The van der Waals surface area contributed by atoms with Crippen LogP contribution in [0.1, 0.15) is 40.5 Å². The first-order chi connectivity index (χ1) is 9.69. The SMILES string of the molecule is CC(CCC=NOC(C)(C)C)Oc1c(Cl)cc(O)cc1Cl. The lowest BCUT2D eigenvalue weighted by Crippen LogP contribution is -2.16. The van der Waals surface area contributed by atoms with E-state index < -0.39 is 0 Å². The molecule has 0 saturated carbocycles. The predicted molar refractivity (Wildman–Crippen MR) is 86.8 cm³/mol. The summed E-state index contributed by atoms with van der Waals surface area (Å²) in [5.41, 5.74) is -0.286. The molecule has 1 atom stereocenters. The summed E-state index contributed by atoms with van der Waals surface area (Å²) in [4.78, 5) is 5.24. The van der Waals surface area contributed by atoms with Crippen molar-refractivity contribution in [1.29, 1.82) is 0 Å². The van der Waals surface area contributed by atoms with Gasteiger partial charge in [0.1, 0.15) is 11.4 Å². The fourth-order valence-corrected chi connectivity index (χ4v) is 2.04. The van der Waals surface area contributed by atoms with Crippen molar-refractivity contribution >= 4 is 29.4 Å². The second-order valence-electron chi connectivity index (χ2n) is 5.74. The maximum absolute atomic E-state index is 9.36. The molecule has 118 valence electrons. The number of hydrogen-bond donors (Lipinski definition) is 1. The van der Waals surface area contributed by atoms with E-state index in [1.165, 1.54) is 12.1 Å². The van der Waals surface area contributed by atoms with E-state index in [4.69, 9.17) is 32.8 Å². The number of rotatable bonds is 6. The molecule has 0 radical (unpaired) electrons. The molecule has 0 spiro atoms. The van der Waals surface area contributed by atoms with Crippen LogP contribution in [0.2, 0.25) is 10.0 Å². The first-order valence-electron chi connectivity index (χ1n) is 6.73. The van der Waals surface area contributed by atoms with Crippen molar-refractivity contribution in [2.24, 2.45) is 5.16 Å². The predicted octanol–water partition coefficient (Wildman–Crippen LogP) is 5.05. The minimum absolute atomic E-state index is 0.0106. The molecular weight excluding hydrogens is 313 g/mol. The summed E-state index contributed by atoms with van der Waals surface area (Å²) in [6.07, 6.45) is 3.07. The summed E-state index contributed by atoms with van der Waals surface area (Å²) in [5, 5.41) is 13.8. The van der Waals surface area contributed by atoms with Crippen molar-refractivity contribution in [3.05, 3.63) is 22.2 Å². The highest BCUT2D eigenvalue weighted by atomic mass is 35.5. The van der Waals surface area contributed by atoms with E-state index in [0.29, 0.717) is 12.2 Å². The first-order valence-corrected chi connectivity index (χ1v) is 7.49. The van der Waals surface area contributed by atoms with Crippen molar-refractivity contribution in [3.63, 3.8) is 0 Å². The Kier molecular flexibility index (Phi) is 6.62. The lowest BCUT2D eigenvalue weighted by Gasteiger charge is -2.17. The van der Waals surface area contributed by atoms with Crippen LogP contribution in [0.5, 0.6) is 11.5 Å². The number of ether oxygens (including phenoxy) is 1. The van der Waals surface area contributed by atoms with E-state index in [1.807, 2.05) is 27.7 Å². The standard InChI is InChI=1S/C15H21Cl2NO3/c1-10(6-5-7-18-21-15(2,3)4)20-14-12(16)8-11(19)9-13(14)17/h7-10,19H,5-6H2,1-4H3. The van der Waals surface area contributed by atoms with Gasteiger partial charge in [-0.1, -0.05) is 28.4 Å². The highest BCUT2D eigenvalue weighted by Gasteiger charge is 2.13. The third-order valence-electron chi connectivity index (χ3n) is 2.41. The van der Waals surface area contributed by atoms with Gasteiger partial charge in [0.25, 0.3) is 0 Å². The smallest absolute Gasteiger partial charge is 0.157 e. The maximum atomic E-state index is 9.36. The molecule has 21 heavy (non-hydrogen) atoms. The summed E-state index contributed by atoms with van der Waals surface area (Å²) >= 11 is 12.0. The Morgan fingerprint density at radius 1 is 1.29 bits per heavy atom. The first kappa shape index (κ1) is 17.9. The van der Waals surface area contributed by atoms with Crippen LogP contribution < -0.4 is 4.74 Å². The van der Waals surface area contributed by atoms with Gasteiger partial charge in [-0.15, -0.1) is 0 Å². The monoisotopic (exact) mass is 333 g/mol. The number of phenolic OH excluding ortho intramolecular Hbond substituents is 1. The zero-order chi connectivity index (χ0) is 16.0. The Hall–Kier alpha value is -1.13. The van der Waals surface area contributed by atoms with Gasteiger partial charge in [-0.2, -0.15) is 0 Å². The van der Waals surface area contributed by atoms with E-state index in [9.17, 15) is 5.11 Å². The Morgan fingerprint density at radius 2 is 1.86 bits per heavy atom. The largest absolute Gasteiger partial charge is 0.508 e. The number of oxime groups is 1. The molecule has 0 aliphatic rings. The minimum Gasteiger partial charge on any atom is -0.508 e. The van der Waals surface area contributed by atoms with Gasteiger partial charge in [-0.25, -0.2) is 0 Å². The number of nitrogens with zero attached hydrogens (tertiary/aromatic N) is 1. The lowest BCUT2D eigenvalue weighted by molar-refractivity contribution is 0.00151. The van der Waals surface area contributed by atoms with E-state index in [-0.39, 0.29) is 27.5 Å². The zero-order valence-corrected chi connectivity index (χ0v) is 14.2. The van der Waals surface area contributed by atoms with Gasteiger partial charge in [0.15, 0.2) is 5.75 Å². The quantitative estimate of drug-likeness (QED) is 0.585. The van der Waals surface area contributed by atoms with Gasteiger partial charge in [-0.05, 0) is 40.5 Å². The second-order valence-corrected chi connectivity index (χ2v) is 6.55. The van der Waals surface area contributed by atoms with Gasteiger partial charge < -0.3 is 14.7 Å². The average Bonchev–Trinajstić information content (AvgIpc) is 2.32. The lowest BCUT2D eigenvalue weighted by atomic mass is 10.2. The zero-order valence-electron chi connectivity index (χ0n) is 12.7. The van der Waals surface area contributed by atoms with Crippen molar-refractivity contribution in [2.45, 2.75) is 52.2 Å². The van der Waals surface area contributed by atoms with Gasteiger partial charge in [0.2, 0.25) is 0 Å². The molecule has 1 N–H and O–H groups in total. The topological polar surface area (TPSA) is 51.0 Å². The molecular formula is C15H21Cl2NO3. The molecule has 4 nitrogen and oxygen atoms in total. The normalized spacial score (nSPS) is 13.4. The van der Waals surface area contributed by atoms with Crippen LogP contribution in [0.25, 0.3) is 0 Å². The average molecular weight is 334 g/mol. The molecule has 0 aromatic heterocycles. The van der Waals surface area contributed by atoms with E-state index >= 15 is 0 Å². The van der Waals surface area contributed by atoms with Crippen molar-refractivity contribution < 1.29 is 14.7 Å². The van der Waals surface area contributed by atoms with Crippen LogP contribution >= 0.6 is 23.2 Å². The molecule has 0 amide bonds. The number of halogens is 2. The molecule has 0 fully saturated rings. The van der Waals surface area contributed by atoms with Crippen LogP contribution in [-0.2, 0) is 4.84 Å². The van der Waals surface area contributed by atoms with Gasteiger partial charge in [0.05, 0.1) is 16.1 Å². The molecule has 0 heterocycles. The Labute approximate surface area is 135 Å². The number of benzene rings is 1. The Morgan fingerprint density at radius 3 is 2.38 bits per heavy atom. The summed E-state index contributed by atoms with van der Waals surface area (Å²) in [6.45, 7) is 7.72.